The van der Waals surface area contributed by atoms with Crippen molar-refractivity contribution in [1.29, 1.82) is 0 Å². The second-order valence-corrected chi connectivity index (χ2v) is 8.74. The fraction of sp³-hybridized carbons (Fsp3) is 0.250. The zero-order valence-electron chi connectivity index (χ0n) is 16.7. The van der Waals surface area contributed by atoms with E-state index in [-0.39, 0.29) is 31.7 Å². The van der Waals surface area contributed by atoms with Crippen molar-refractivity contribution in [3.63, 3.8) is 0 Å². The van der Waals surface area contributed by atoms with Crippen LogP contribution in [-0.2, 0) is 27.4 Å². The van der Waals surface area contributed by atoms with Crippen LogP contribution in [0.15, 0.2) is 71.5 Å². The lowest BCUT2D eigenvalue weighted by atomic mass is 9.79. The Kier molecular flexibility index (Phi) is 6.25. The van der Waals surface area contributed by atoms with Gasteiger partial charge in [-0.2, -0.15) is 0 Å². The molecule has 3 aromatic rings. The van der Waals surface area contributed by atoms with Crippen LogP contribution in [-0.4, -0.2) is 32.9 Å². The molecule has 0 amide bonds. The molecule has 31 heavy (non-hydrogen) atoms. The molecule has 1 saturated carbocycles. The number of ether oxygens (including phenoxy) is 1. The van der Waals surface area contributed by atoms with Gasteiger partial charge in [-0.05, 0) is 46.0 Å². The molecule has 0 spiro atoms. The van der Waals surface area contributed by atoms with E-state index in [0.717, 1.165) is 21.2 Å². The topological polar surface area (TPSA) is 89.4 Å². The minimum absolute atomic E-state index is 0.0409. The highest BCUT2D eigenvalue weighted by molar-refractivity contribution is 9.10. The molecule has 1 fully saturated rings. The van der Waals surface area contributed by atoms with Crippen molar-refractivity contribution < 1.29 is 19.4 Å². The molecule has 1 N–H and O–H groups in total. The third-order valence-corrected chi connectivity index (χ3v) is 5.95. The Morgan fingerprint density at radius 2 is 1.81 bits per heavy atom. The summed E-state index contributed by atoms with van der Waals surface area (Å²) in [6.45, 7) is 0.281. The molecule has 0 saturated heterocycles. The average Bonchev–Trinajstić information content (AvgIpc) is 3.10. The molecular formula is C24H21BrN2O4. The summed E-state index contributed by atoms with van der Waals surface area (Å²) in [4.78, 5) is 33.5. The second-order valence-electron chi connectivity index (χ2n) is 7.82. The molecule has 0 unspecified atom stereocenters. The first-order valence-corrected chi connectivity index (χ1v) is 10.7. The van der Waals surface area contributed by atoms with Gasteiger partial charge in [-0.25, -0.2) is 9.97 Å². The number of carboxylic acids is 1. The molecule has 0 bridgehead atoms. The van der Waals surface area contributed by atoms with Gasteiger partial charge in [0.05, 0.1) is 16.5 Å². The van der Waals surface area contributed by atoms with E-state index in [1.807, 2.05) is 54.6 Å². The van der Waals surface area contributed by atoms with Crippen LogP contribution in [0.4, 0.5) is 0 Å². The number of aliphatic carboxylic acids is 1. The molecule has 2 atom stereocenters. The van der Waals surface area contributed by atoms with E-state index in [1.165, 1.54) is 0 Å². The predicted molar refractivity (Wildman–Crippen MR) is 118 cm³/mol. The van der Waals surface area contributed by atoms with Crippen LogP contribution >= 0.6 is 15.9 Å². The summed E-state index contributed by atoms with van der Waals surface area (Å²) < 4.78 is 6.59. The molecule has 0 radical (unpaired) electrons. The van der Waals surface area contributed by atoms with E-state index in [4.69, 9.17) is 4.74 Å². The van der Waals surface area contributed by atoms with E-state index in [2.05, 4.69) is 25.9 Å². The molecule has 6 nitrogen and oxygen atoms in total. The van der Waals surface area contributed by atoms with Crippen molar-refractivity contribution >= 4 is 27.7 Å². The average molecular weight is 481 g/mol. The zero-order chi connectivity index (χ0) is 21.8. The number of carbonyl (C=O) groups excluding carboxylic acids is 1. The van der Waals surface area contributed by atoms with E-state index >= 15 is 0 Å². The second kappa shape index (κ2) is 9.08. The number of Topliss-reactive ketones (excluding diaryl/α,β-unsaturated/α-hetero) is 1. The lowest BCUT2D eigenvalue weighted by Crippen LogP contribution is -2.31. The number of hydrogen-bond acceptors (Lipinski definition) is 5. The first-order valence-electron chi connectivity index (χ1n) is 9.94. The van der Waals surface area contributed by atoms with Gasteiger partial charge >= 0.3 is 5.97 Å². The number of carboxylic acid groups (broad SMARTS) is 1. The van der Waals surface area contributed by atoms with E-state index in [0.29, 0.717) is 5.82 Å². The molecule has 1 heterocycles. The summed E-state index contributed by atoms with van der Waals surface area (Å²) >= 11 is 3.32. The van der Waals surface area contributed by atoms with Crippen molar-refractivity contribution in [2.75, 3.05) is 0 Å². The minimum Gasteiger partial charge on any atom is -0.481 e. The van der Waals surface area contributed by atoms with Crippen molar-refractivity contribution in [2.45, 2.75) is 32.0 Å². The number of hydrogen-bond donors (Lipinski definition) is 1. The lowest BCUT2D eigenvalue weighted by Gasteiger charge is -2.24. The molecule has 0 aliphatic heterocycles. The molecule has 2 aromatic carbocycles. The summed E-state index contributed by atoms with van der Waals surface area (Å²) in [6, 6.07) is 17.0. The van der Waals surface area contributed by atoms with E-state index in [1.54, 1.807) is 12.4 Å². The fourth-order valence-electron chi connectivity index (χ4n) is 3.96. The lowest BCUT2D eigenvalue weighted by molar-refractivity contribution is -0.149. The summed E-state index contributed by atoms with van der Waals surface area (Å²) in [5, 5.41) is 10.0. The number of halogens is 1. The smallest absolute Gasteiger partial charge is 0.310 e. The molecule has 4 rings (SSSR count). The van der Waals surface area contributed by atoms with Crippen LogP contribution in [0.25, 0.3) is 11.4 Å². The molecule has 158 valence electrons. The van der Waals surface area contributed by atoms with Gasteiger partial charge in [0.15, 0.2) is 11.6 Å². The molecule has 1 aliphatic carbocycles. The first kappa shape index (κ1) is 21.3. The fourth-order valence-corrected chi connectivity index (χ4v) is 4.16. The van der Waals surface area contributed by atoms with Crippen molar-refractivity contribution in [3.8, 4) is 11.4 Å². The Morgan fingerprint density at radius 3 is 2.52 bits per heavy atom. The summed E-state index contributed by atoms with van der Waals surface area (Å²) in [5.74, 6) is -0.580. The van der Waals surface area contributed by atoms with Crippen molar-refractivity contribution in [1.82, 2.24) is 9.97 Å². The summed E-state index contributed by atoms with van der Waals surface area (Å²) in [5.41, 5.74) is 1.39. The van der Waals surface area contributed by atoms with E-state index in [9.17, 15) is 14.7 Å². The van der Waals surface area contributed by atoms with Crippen molar-refractivity contribution in [2.24, 2.45) is 5.41 Å². The quantitative estimate of drug-likeness (QED) is 0.536. The Hall–Kier alpha value is -2.90. The van der Waals surface area contributed by atoms with Crippen LogP contribution in [0, 0.1) is 5.41 Å². The largest absolute Gasteiger partial charge is 0.481 e. The number of benzene rings is 2. The Morgan fingerprint density at radius 1 is 1.10 bits per heavy atom. The van der Waals surface area contributed by atoms with Crippen LogP contribution in [0.1, 0.15) is 24.0 Å². The number of rotatable bonds is 7. The summed E-state index contributed by atoms with van der Waals surface area (Å²) in [6.07, 6.45) is 2.97. The van der Waals surface area contributed by atoms with Crippen LogP contribution < -0.4 is 0 Å². The molecular weight excluding hydrogens is 460 g/mol. The van der Waals surface area contributed by atoms with Gasteiger partial charge < -0.3 is 9.84 Å². The monoisotopic (exact) mass is 480 g/mol. The van der Waals surface area contributed by atoms with E-state index < -0.39 is 17.5 Å². The molecule has 1 aliphatic rings. The maximum Gasteiger partial charge on any atom is 0.310 e. The predicted octanol–water partition coefficient (Wildman–Crippen LogP) is 4.47. The van der Waals surface area contributed by atoms with Crippen LogP contribution in [0.5, 0.6) is 0 Å². The van der Waals surface area contributed by atoms with Gasteiger partial charge in [0, 0.05) is 24.4 Å². The SMILES string of the molecule is O=C1C[C@](Cc2cccc(-c3ncc(Br)cn3)c2)(C(=O)O)C[C@@H]1OCc1ccccc1. The highest BCUT2D eigenvalue weighted by atomic mass is 79.9. The van der Waals surface area contributed by atoms with Gasteiger partial charge in [-0.1, -0.05) is 48.5 Å². The van der Waals surface area contributed by atoms with Gasteiger partial charge in [-0.15, -0.1) is 0 Å². The number of aromatic nitrogens is 2. The van der Waals surface area contributed by atoms with Gasteiger partial charge in [-0.3, -0.25) is 9.59 Å². The normalized spacial score (nSPS) is 20.7. The highest BCUT2D eigenvalue weighted by Crippen LogP contribution is 2.41. The van der Waals surface area contributed by atoms with Crippen LogP contribution in [0.2, 0.25) is 0 Å². The number of ketones is 1. The Bertz CT molecular complexity index is 1090. The Labute approximate surface area is 188 Å². The van der Waals surface area contributed by atoms with Crippen molar-refractivity contribution in [3.05, 3.63) is 82.6 Å². The third-order valence-electron chi connectivity index (χ3n) is 5.54. The zero-order valence-corrected chi connectivity index (χ0v) is 18.3. The van der Waals surface area contributed by atoms with Gasteiger partial charge in [0.2, 0.25) is 0 Å². The highest BCUT2D eigenvalue weighted by Gasteiger charge is 2.50. The number of nitrogens with zero attached hydrogens (tertiary/aromatic N) is 2. The van der Waals surface area contributed by atoms with Gasteiger partial charge in [0.25, 0.3) is 0 Å². The number of carbonyl (C=O) groups is 2. The maximum atomic E-state index is 12.6. The molecule has 1 aromatic heterocycles. The third kappa shape index (κ3) is 4.89. The minimum atomic E-state index is -1.18. The first-order chi connectivity index (χ1) is 14.9. The standard InChI is InChI=1S/C24H21BrN2O4/c25-19-13-26-22(27-14-19)18-8-4-7-17(9-18)10-24(23(29)30)11-20(28)21(12-24)31-15-16-5-2-1-3-6-16/h1-9,13-14,21H,10-12,15H2,(H,29,30)/t21-,24-/m0/s1. The molecule has 7 heteroatoms. The summed E-state index contributed by atoms with van der Waals surface area (Å²) in [7, 11) is 0. The van der Waals surface area contributed by atoms with Gasteiger partial charge in [0.1, 0.15) is 6.10 Å². The Balaban J connectivity index is 1.51. The van der Waals surface area contributed by atoms with Crippen LogP contribution in [0.3, 0.4) is 0 Å². The maximum absolute atomic E-state index is 12.6.